The van der Waals surface area contributed by atoms with Crippen LogP contribution in [0.25, 0.3) is 0 Å². The Bertz CT molecular complexity index is 213. The van der Waals surface area contributed by atoms with Crippen molar-refractivity contribution in [2.45, 2.75) is 56.3 Å². The van der Waals surface area contributed by atoms with Crippen molar-refractivity contribution in [3.05, 3.63) is 0 Å². The third-order valence-corrected chi connectivity index (χ3v) is 4.59. The number of hydrogen-bond donors (Lipinski definition) is 2. The molecule has 0 aromatic carbocycles. The van der Waals surface area contributed by atoms with Crippen molar-refractivity contribution in [2.24, 2.45) is 0 Å². The molecule has 0 spiro atoms. The molecule has 3 aliphatic heterocycles. The van der Waals surface area contributed by atoms with Gasteiger partial charge in [-0.3, -0.25) is 0 Å². The molecule has 3 nitrogen and oxygen atoms in total. The van der Waals surface area contributed by atoms with E-state index in [1.54, 1.807) is 0 Å². The predicted octanol–water partition coefficient (Wildman–Crippen LogP) is 0.563. The van der Waals surface area contributed by atoms with Gasteiger partial charge in [0.15, 0.2) is 0 Å². The van der Waals surface area contributed by atoms with Crippen molar-refractivity contribution in [3.63, 3.8) is 0 Å². The molecule has 0 amide bonds. The number of piperidine rings is 2. The van der Waals surface area contributed by atoms with Crippen molar-refractivity contribution in [2.75, 3.05) is 20.1 Å². The summed E-state index contributed by atoms with van der Waals surface area (Å²) in [5.74, 6) is 0. The van der Waals surface area contributed by atoms with Gasteiger partial charge in [0, 0.05) is 37.3 Å². The van der Waals surface area contributed by atoms with Crippen LogP contribution in [0.1, 0.15) is 32.1 Å². The molecule has 3 rings (SSSR count). The Morgan fingerprint density at radius 1 is 1.07 bits per heavy atom. The molecule has 0 aromatic rings. The van der Waals surface area contributed by atoms with Gasteiger partial charge in [-0.2, -0.15) is 0 Å². The minimum absolute atomic E-state index is 0.763. The molecule has 2 N–H and O–H groups in total. The van der Waals surface area contributed by atoms with E-state index >= 15 is 0 Å². The molecule has 3 saturated heterocycles. The smallest absolute Gasteiger partial charge is 0.0319 e. The van der Waals surface area contributed by atoms with Gasteiger partial charge in [-0.25, -0.2) is 0 Å². The summed E-state index contributed by atoms with van der Waals surface area (Å²) in [6.45, 7) is 2.36. The Labute approximate surface area is 92.6 Å². The molecule has 15 heavy (non-hydrogen) atoms. The standard InChI is InChI=1S/C12H23N3/c1-15-11-3-2-4-12(15)6-9(5-11)14-10-7-13-8-10/h9-14H,2-8H2,1H3. The molecule has 2 atom stereocenters. The van der Waals surface area contributed by atoms with Crippen LogP contribution in [-0.4, -0.2) is 49.2 Å². The Kier molecular flexibility index (Phi) is 2.71. The van der Waals surface area contributed by atoms with E-state index in [1.807, 2.05) is 0 Å². The molecule has 3 fully saturated rings. The quantitative estimate of drug-likeness (QED) is 0.696. The van der Waals surface area contributed by atoms with Crippen LogP contribution in [-0.2, 0) is 0 Å². The Morgan fingerprint density at radius 2 is 1.73 bits per heavy atom. The summed E-state index contributed by atoms with van der Waals surface area (Å²) >= 11 is 0. The maximum atomic E-state index is 3.82. The van der Waals surface area contributed by atoms with E-state index in [1.165, 1.54) is 45.2 Å². The highest BCUT2D eigenvalue weighted by molar-refractivity contribution is 4.96. The Balaban J connectivity index is 1.58. The molecule has 0 aromatic heterocycles. The number of hydrogen-bond acceptors (Lipinski definition) is 3. The molecular formula is C12H23N3. The van der Waals surface area contributed by atoms with Gasteiger partial charge in [0.05, 0.1) is 0 Å². The third-order valence-electron chi connectivity index (χ3n) is 4.59. The van der Waals surface area contributed by atoms with E-state index in [2.05, 4.69) is 22.6 Å². The number of rotatable bonds is 2. The maximum absolute atomic E-state index is 3.82. The van der Waals surface area contributed by atoms with Gasteiger partial charge in [-0.15, -0.1) is 0 Å². The van der Waals surface area contributed by atoms with Crippen LogP contribution in [0.15, 0.2) is 0 Å². The molecule has 0 aliphatic carbocycles. The minimum Gasteiger partial charge on any atom is -0.314 e. The normalized spacial score (nSPS) is 42.6. The van der Waals surface area contributed by atoms with Crippen LogP contribution in [0.4, 0.5) is 0 Å². The molecule has 0 saturated carbocycles. The first-order chi connectivity index (χ1) is 7.33. The number of fused-ring (bicyclic) bond motifs is 2. The van der Waals surface area contributed by atoms with Crippen molar-refractivity contribution in [1.29, 1.82) is 0 Å². The Hall–Kier alpha value is -0.120. The molecule has 0 radical (unpaired) electrons. The number of nitrogens with one attached hydrogen (secondary N) is 2. The Morgan fingerprint density at radius 3 is 2.27 bits per heavy atom. The van der Waals surface area contributed by atoms with Gasteiger partial charge >= 0.3 is 0 Å². The lowest BCUT2D eigenvalue weighted by molar-refractivity contribution is 0.0439. The van der Waals surface area contributed by atoms with Gasteiger partial charge < -0.3 is 15.5 Å². The molecule has 2 unspecified atom stereocenters. The van der Waals surface area contributed by atoms with Crippen LogP contribution in [0.5, 0.6) is 0 Å². The van der Waals surface area contributed by atoms with Gasteiger partial charge in [-0.05, 0) is 32.7 Å². The van der Waals surface area contributed by atoms with Gasteiger partial charge in [0.25, 0.3) is 0 Å². The fourth-order valence-electron chi connectivity index (χ4n) is 3.49. The number of nitrogens with zero attached hydrogens (tertiary/aromatic N) is 1. The molecule has 3 aliphatic rings. The maximum Gasteiger partial charge on any atom is 0.0319 e. The molecule has 3 heterocycles. The predicted molar refractivity (Wildman–Crippen MR) is 62.0 cm³/mol. The van der Waals surface area contributed by atoms with Crippen LogP contribution >= 0.6 is 0 Å². The zero-order valence-electron chi connectivity index (χ0n) is 9.71. The van der Waals surface area contributed by atoms with Crippen LogP contribution in [0.2, 0.25) is 0 Å². The van der Waals surface area contributed by atoms with Crippen LogP contribution < -0.4 is 10.6 Å². The second-order valence-corrected chi connectivity index (χ2v) is 5.59. The van der Waals surface area contributed by atoms with E-state index in [-0.39, 0.29) is 0 Å². The molecule has 86 valence electrons. The lowest BCUT2D eigenvalue weighted by atomic mass is 9.82. The van der Waals surface area contributed by atoms with E-state index in [9.17, 15) is 0 Å². The fraction of sp³-hybridized carbons (Fsp3) is 1.00. The summed E-state index contributed by atoms with van der Waals surface area (Å²) in [7, 11) is 2.33. The zero-order chi connectivity index (χ0) is 10.3. The first-order valence-corrected chi connectivity index (χ1v) is 6.51. The highest BCUT2D eigenvalue weighted by Gasteiger charge is 2.36. The second kappa shape index (κ2) is 4.04. The van der Waals surface area contributed by atoms with Crippen molar-refractivity contribution in [3.8, 4) is 0 Å². The lowest BCUT2D eigenvalue weighted by Crippen LogP contribution is -2.62. The van der Waals surface area contributed by atoms with E-state index in [0.29, 0.717) is 0 Å². The van der Waals surface area contributed by atoms with Crippen LogP contribution in [0, 0.1) is 0 Å². The summed E-state index contributed by atoms with van der Waals surface area (Å²) in [4.78, 5) is 2.64. The van der Waals surface area contributed by atoms with E-state index in [4.69, 9.17) is 0 Å². The monoisotopic (exact) mass is 209 g/mol. The summed E-state index contributed by atoms with van der Waals surface area (Å²) in [5.41, 5.74) is 0. The van der Waals surface area contributed by atoms with Crippen molar-refractivity contribution in [1.82, 2.24) is 15.5 Å². The SMILES string of the molecule is CN1C2CCCC1CC(NC1CNC1)C2. The van der Waals surface area contributed by atoms with E-state index < -0.39 is 0 Å². The first kappa shape index (κ1) is 10.1. The topological polar surface area (TPSA) is 27.3 Å². The molecular weight excluding hydrogens is 186 g/mol. The van der Waals surface area contributed by atoms with Gasteiger partial charge in [0.1, 0.15) is 0 Å². The molecule has 2 bridgehead atoms. The third kappa shape index (κ3) is 1.93. The van der Waals surface area contributed by atoms with E-state index in [0.717, 1.165) is 24.2 Å². The molecule has 3 heteroatoms. The first-order valence-electron chi connectivity index (χ1n) is 6.51. The summed E-state index contributed by atoms with van der Waals surface area (Å²) in [6.07, 6.45) is 7.06. The summed E-state index contributed by atoms with van der Waals surface area (Å²) in [6, 6.07) is 3.29. The van der Waals surface area contributed by atoms with Crippen molar-refractivity contribution >= 4 is 0 Å². The van der Waals surface area contributed by atoms with Gasteiger partial charge in [0.2, 0.25) is 0 Å². The average Bonchev–Trinajstić information content (AvgIpc) is 2.12. The highest BCUT2D eigenvalue weighted by Crippen LogP contribution is 2.32. The zero-order valence-corrected chi connectivity index (χ0v) is 9.71. The fourth-order valence-corrected chi connectivity index (χ4v) is 3.49. The summed E-state index contributed by atoms with van der Waals surface area (Å²) < 4.78 is 0. The highest BCUT2D eigenvalue weighted by atomic mass is 15.2. The summed E-state index contributed by atoms with van der Waals surface area (Å²) in [5, 5.41) is 7.15. The lowest BCUT2D eigenvalue weighted by Gasteiger charge is -2.48. The van der Waals surface area contributed by atoms with Crippen molar-refractivity contribution < 1.29 is 0 Å². The van der Waals surface area contributed by atoms with Crippen LogP contribution in [0.3, 0.4) is 0 Å². The average molecular weight is 209 g/mol. The van der Waals surface area contributed by atoms with Gasteiger partial charge in [-0.1, -0.05) is 6.42 Å². The second-order valence-electron chi connectivity index (χ2n) is 5.59. The minimum atomic E-state index is 0.763. The largest absolute Gasteiger partial charge is 0.314 e.